The average Bonchev–Trinajstić information content (AvgIpc) is 2.65. The fourth-order valence-electron chi connectivity index (χ4n) is 3.32. The molecule has 2 rings (SSSR count). The molecule has 1 atom stereocenters. The molecule has 5 nitrogen and oxygen atoms in total. The first kappa shape index (κ1) is 24.7. The summed E-state index contributed by atoms with van der Waals surface area (Å²) in [6, 6.07) is 9.89. The lowest BCUT2D eigenvalue weighted by atomic mass is 10.00. The molecule has 1 amide bonds. The summed E-state index contributed by atoms with van der Waals surface area (Å²) in [5.74, 6) is -0.258. The van der Waals surface area contributed by atoms with Crippen LogP contribution in [-0.2, 0) is 21.0 Å². The van der Waals surface area contributed by atoms with Crippen LogP contribution in [0.4, 0.5) is 18.9 Å². The highest BCUT2D eigenvalue weighted by atomic mass is 32.2. The zero-order valence-electron chi connectivity index (χ0n) is 18.0. The summed E-state index contributed by atoms with van der Waals surface area (Å²) in [6.45, 7) is 5.68. The number of benzene rings is 2. The second kappa shape index (κ2) is 9.72. The molecule has 2 aromatic rings. The van der Waals surface area contributed by atoms with E-state index in [2.05, 4.69) is 5.32 Å². The largest absolute Gasteiger partial charge is 0.416 e. The average molecular weight is 457 g/mol. The molecule has 0 saturated heterocycles. The molecule has 2 aromatic carbocycles. The number of sulfonamides is 1. The van der Waals surface area contributed by atoms with Crippen molar-refractivity contribution in [3.8, 4) is 0 Å². The summed E-state index contributed by atoms with van der Waals surface area (Å²) >= 11 is 0. The molecule has 0 aliphatic carbocycles. The van der Waals surface area contributed by atoms with Crippen LogP contribution in [-0.4, -0.2) is 27.1 Å². The van der Waals surface area contributed by atoms with Crippen LogP contribution in [0.1, 0.15) is 48.1 Å². The molecule has 0 aliphatic rings. The predicted octanol–water partition coefficient (Wildman–Crippen LogP) is 4.75. The van der Waals surface area contributed by atoms with Crippen molar-refractivity contribution in [1.29, 1.82) is 0 Å². The number of rotatable bonds is 8. The van der Waals surface area contributed by atoms with Gasteiger partial charge < -0.3 is 5.32 Å². The van der Waals surface area contributed by atoms with Crippen LogP contribution in [0.5, 0.6) is 0 Å². The van der Waals surface area contributed by atoms with Crippen molar-refractivity contribution in [3.63, 3.8) is 0 Å². The van der Waals surface area contributed by atoms with Gasteiger partial charge in [-0.2, -0.15) is 13.2 Å². The molecule has 0 fully saturated rings. The summed E-state index contributed by atoms with van der Waals surface area (Å²) in [5, 5.41) is 2.89. The highest BCUT2D eigenvalue weighted by Gasteiger charge is 2.31. The molecule has 0 heterocycles. The number of carbonyl (C=O) groups is 1. The van der Waals surface area contributed by atoms with E-state index >= 15 is 0 Å². The first-order chi connectivity index (χ1) is 14.3. The molecule has 0 spiro atoms. The van der Waals surface area contributed by atoms with Crippen molar-refractivity contribution in [2.24, 2.45) is 0 Å². The van der Waals surface area contributed by atoms with Gasteiger partial charge in [-0.25, -0.2) is 8.42 Å². The molecule has 1 unspecified atom stereocenters. The fourth-order valence-corrected chi connectivity index (χ4v) is 4.28. The van der Waals surface area contributed by atoms with Crippen molar-refractivity contribution in [1.82, 2.24) is 5.32 Å². The van der Waals surface area contributed by atoms with Crippen molar-refractivity contribution < 1.29 is 26.4 Å². The van der Waals surface area contributed by atoms with Gasteiger partial charge in [0.25, 0.3) is 0 Å². The number of hydrogen-bond acceptors (Lipinski definition) is 3. The molecule has 0 radical (unpaired) electrons. The Kier molecular flexibility index (Phi) is 7.75. The van der Waals surface area contributed by atoms with Gasteiger partial charge >= 0.3 is 6.18 Å². The second-order valence-corrected chi connectivity index (χ2v) is 9.54. The lowest BCUT2D eigenvalue weighted by Crippen LogP contribution is -2.33. The van der Waals surface area contributed by atoms with E-state index in [1.54, 1.807) is 0 Å². The third kappa shape index (κ3) is 6.99. The van der Waals surface area contributed by atoms with E-state index in [-0.39, 0.29) is 37.0 Å². The molecule has 0 saturated carbocycles. The molecular formula is C22H27F3N2O3S. The number of amides is 1. The third-order valence-electron chi connectivity index (χ3n) is 4.91. The Bertz CT molecular complexity index is 1040. The number of nitrogens with zero attached hydrogens (tertiary/aromatic N) is 1. The molecule has 0 aromatic heterocycles. The standard InChI is InChI=1S/C22H27F3N2O3S/c1-15-10-11-16(2)20(13-15)17(3)26-21(28)9-6-12-27(31(4,29)30)19-8-5-7-18(14-19)22(23,24)25/h5,7-8,10-11,13-14,17H,6,9,12H2,1-4H3,(H,26,28). The van der Waals surface area contributed by atoms with Gasteiger partial charge in [-0.15, -0.1) is 0 Å². The van der Waals surface area contributed by atoms with E-state index in [1.165, 1.54) is 6.07 Å². The van der Waals surface area contributed by atoms with Crippen LogP contribution >= 0.6 is 0 Å². The maximum Gasteiger partial charge on any atom is 0.416 e. The quantitative estimate of drug-likeness (QED) is 0.624. The normalized spacial score (nSPS) is 13.0. The number of nitrogens with one attached hydrogen (secondary N) is 1. The van der Waals surface area contributed by atoms with Gasteiger partial charge in [-0.05, 0) is 56.5 Å². The number of hydrogen-bond donors (Lipinski definition) is 1. The SMILES string of the molecule is Cc1ccc(C)c(C(C)NC(=O)CCCN(c2cccc(C(F)(F)F)c2)S(C)(=O)=O)c1. The lowest BCUT2D eigenvalue weighted by molar-refractivity contribution is -0.137. The van der Waals surface area contributed by atoms with Crippen LogP contribution in [0.25, 0.3) is 0 Å². The number of carbonyl (C=O) groups excluding carboxylic acids is 1. The molecule has 9 heteroatoms. The molecule has 0 aliphatic heterocycles. The minimum absolute atomic E-state index is 0.0419. The van der Waals surface area contributed by atoms with Crippen LogP contribution in [0.15, 0.2) is 42.5 Å². The lowest BCUT2D eigenvalue weighted by Gasteiger charge is -2.23. The number of halogens is 3. The zero-order chi connectivity index (χ0) is 23.4. The summed E-state index contributed by atoms with van der Waals surface area (Å²) in [6.07, 6.45) is -3.45. The fraction of sp³-hybridized carbons (Fsp3) is 0.409. The summed E-state index contributed by atoms with van der Waals surface area (Å²) in [7, 11) is -3.82. The van der Waals surface area contributed by atoms with Crippen LogP contribution in [0, 0.1) is 13.8 Å². The highest BCUT2D eigenvalue weighted by molar-refractivity contribution is 7.92. The Labute approximate surface area is 181 Å². The minimum atomic E-state index is -4.58. The van der Waals surface area contributed by atoms with Crippen LogP contribution in [0.2, 0.25) is 0 Å². The summed E-state index contributed by atoms with van der Waals surface area (Å²) in [5.41, 5.74) is 2.10. The Hall–Kier alpha value is -2.55. The van der Waals surface area contributed by atoms with E-state index in [1.807, 2.05) is 39.0 Å². The van der Waals surface area contributed by atoms with E-state index in [0.717, 1.165) is 45.5 Å². The summed E-state index contributed by atoms with van der Waals surface area (Å²) < 4.78 is 64.1. The Morgan fingerprint density at radius 1 is 1.13 bits per heavy atom. The summed E-state index contributed by atoms with van der Waals surface area (Å²) in [4.78, 5) is 12.3. The Morgan fingerprint density at radius 3 is 2.42 bits per heavy atom. The first-order valence-corrected chi connectivity index (χ1v) is 11.7. The zero-order valence-corrected chi connectivity index (χ0v) is 18.8. The number of aryl methyl sites for hydroxylation is 2. The van der Waals surface area contributed by atoms with Crippen LogP contribution < -0.4 is 9.62 Å². The molecule has 1 N–H and O–H groups in total. The Morgan fingerprint density at radius 2 is 1.81 bits per heavy atom. The van der Waals surface area contributed by atoms with E-state index < -0.39 is 21.8 Å². The predicted molar refractivity (Wildman–Crippen MR) is 115 cm³/mol. The molecule has 170 valence electrons. The van der Waals surface area contributed by atoms with Crippen molar-refractivity contribution in [3.05, 3.63) is 64.7 Å². The van der Waals surface area contributed by atoms with Gasteiger partial charge in [0.15, 0.2) is 0 Å². The van der Waals surface area contributed by atoms with Crippen molar-refractivity contribution in [2.45, 2.75) is 45.8 Å². The topological polar surface area (TPSA) is 66.5 Å². The monoisotopic (exact) mass is 456 g/mol. The van der Waals surface area contributed by atoms with Gasteiger partial charge in [0.05, 0.1) is 23.5 Å². The smallest absolute Gasteiger partial charge is 0.350 e. The van der Waals surface area contributed by atoms with Crippen LogP contribution in [0.3, 0.4) is 0 Å². The van der Waals surface area contributed by atoms with Gasteiger partial charge in [0.1, 0.15) is 0 Å². The van der Waals surface area contributed by atoms with Gasteiger partial charge in [0.2, 0.25) is 15.9 Å². The van der Waals surface area contributed by atoms with Gasteiger partial charge in [-0.3, -0.25) is 9.10 Å². The van der Waals surface area contributed by atoms with E-state index in [0.29, 0.717) is 0 Å². The van der Waals surface area contributed by atoms with Gasteiger partial charge in [0, 0.05) is 13.0 Å². The third-order valence-corrected chi connectivity index (χ3v) is 6.10. The van der Waals surface area contributed by atoms with E-state index in [9.17, 15) is 26.4 Å². The van der Waals surface area contributed by atoms with Crippen molar-refractivity contribution >= 4 is 21.6 Å². The highest BCUT2D eigenvalue weighted by Crippen LogP contribution is 2.32. The molecular weight excluding hydrogens is 429 g/mol. The second-order valence-electron chi connectivity index (χ2n) is 7.64. The van der Waals surface area contributed by atoms with Crippen molar-refractivity contribution in [2.75, 3.05) is 17.1 Å². The van der Waals surface area contributed by atoms with E-state index in [4.69, 9.17) is 0 Å². The Balaban J connectivity index is 2.04. The molecule has 0 bridgehead atoms. The minimum Gasteiger partial charge on any atom is -0.350 e. The molecule has 31 heavy (non-hydrogen) atoms. The maximum atomic E-state index is 13.0. The maximum absolute atomic E-state index is 13.0. The number of anilines is 1. The first-order valence-electron chi connectivity index (χ1n) is 9.80. The van der Waals surface area contributed by atoms with Gasteiger partial charge in [-0.1, -0.05) is 29.8 Å². The number of alkyl halides is 3.